The Labute approximate surface area is 221 Å². The number of thiazole rings is 1. The van der Waals surface area contributed by atoms with Gasteiger partial charge in [0, 0.05) is 0 Å². The molecule has 9 heteroatoms. The summed E-state index contributed by atoms with van der Waals surface area (Å²) in [4.78, 5) is 31.9. The lowest BCUT2D eigenvalue weighted by Crippen LogP contribution is -2.39. The molecular weight excluding hydrogens is 544 g/mol. The quantitative estimate of drug-likeness (QED) is 0.394. The van der Waals surface area contributed by atoms with Crippen molar-refractivity contribution < 1.29 is 19.0 Å². The Morgan fingerprint density at radius 3 is 2.56 bits per heavy atom. The minimum Gasteiger partial charge on any atom is -0.496 e. The van der Waals surface area contributed by atoms with Crippen LogP contribution in [0.4, 0.5) is 0 Å². The number of carbonyl (C=O) groups excluding carboxylic acids is 1. The number of hydrogen-bond donors (Lipinski definition) is 0. The fraction of sp³-hybridized carbons (Fsp3) is 0.296. The number of hydrogen-bond acceptors (Lipinski definition) is 7. The van der Waals surface area contributed by atoms with Gasteiger partial charge in [0.25, 0.3) is 5.56 Å². The third-order valence-electron chi connectivity index (χ3n) is 5.56. The number of nitrogens with zero attached hydrogens (tertiary/aromatic N) is 2. The standard InChI is InChI=1S/C27H27BrN2O5S/c1-6-34-26(32)23-16(4)29-27-30(24(23)18-8-10-19(11-9-18)35-15(2)3)25(31)22(36-27)14-17-7-12-21(33-5)20(28)13-17/h7-15,24H,6H2,1-5H3/b22-14-/t24-/m1/s1. The van der Waals surface area contributed by atoms with Crippen molar-refractivity contribution in [2.45, 2.75) is 39.8 Å². The fourth-order valence-corrected chi connectivity index (χ4v) is 5.64. The van der Waals surface area contributed by atoms with Crippen molar-refractivity contribution in [3.05, 3.63) is 89.0 Å². The van der Waals surface area contributed by atoms with E-state index in [1.807, 2.05) is 62.4 Å². The second-order valence-electron chi connectivity index (χ2n) is 8.43. The van der Waals surface area contributed by atoms with Crippen molar-refractivity contribution in [2.75, 3.05) is 13.7 Å². The first-order valence-electron chi connectivity index (χ1n) is 11.5. The van der Waals surface area contributed by atoms with Gasteiger partial charge in [-0.05, 0) is 85.1 Å². The van der Waals surface area contributed by atoms with Crippen LogP contribution in [-0.2, 0) is 9.53 Å². The molecule has 1 atom stereocenters. The third-order valence-corrected chi connectivity index (χ3v) is 7.16. The van der Waals surface area contributed by atoms with Gasteiger partial charge in [-0.1, -0.05) is 29.5 Å². The van der Waals surface area contributed by atoms with Crippen LogP contribution in [0.15, 0.2) is 68.0 Å². The first kappa shape index (κ1) is 25.9. The Bertz CT molecular complexity index is 1500. The number of ether oxygens (including phenoxy) is 3. The topological polar surface area (TPSA) is 79.1 Å². The molecule has 0 fully saturated rings. The number of benzene rings is 2. The Balaban J connectivity index is 1.88. The Kier molecular flexibility index (Phi) is 7.80. The molecule has 2 aromatic carbocycles. The Morgan fingerprint density at radius 1 is 1.22 bits per heavy atom. The van der Waals surface area contributed by atoms with Gasteiger partial charge in [0.2, 0.25) is 0 Å². The van der Waals surface area contributed by atoms with Crippen molar-refractivity contribution in [2.24, 2.45) is 4.99 Å². The summed E-state index contributed by atoms with van der Waals surface area (Å²) < 4.78 is 19.3. The van der Waals surface area contributed by atoms with Crippen LogP contribution in [0, 0.1) is 0 Å². The molecule has 4 rings (SSSR count). The highest BCUT2D eigenvalue weighted by Gasteiger charge is 2.33. The van der Waals surface area contributed by atoms with Crippen LogP contribution < -0.4 is 24.4 Å². The van der Waals surface area contributed by atoms with E-state index >= 15 is 0 Å². The second-order valence-corrected chi connectivity index (χ2v) is 10.3. The molecule has 7 nitrogen and oxygen atoms in total. The lowest BCUT2D eigenvalue weighted by Gasteiger charge is -2.25. The molecule has 0 aliphatic carbocycles. The Hall–Kier alpha value is -3.17. The first-order chi connectivity index (χ1) is 17.2. The molecule has 3 aromatic rings. The highest BCUT2D eigenvalue weighted by atomic mass is 79.9. The predicted molar refractivity (Wildman–Crippen MR) is 143 cm³/mol. The molecule has 0 bridgehead atoms. The van der Waals surface area contributed by atoms with E-state index < -0.39 is 12.0 Å². The van der Waals surface area contributed by atoms with Gasteiger partial charge in [-0.2, -0.15) is 0 Å². The SMILES string of the molecule is CCOC(=O)C1=C(C)N=c2s/c(=C\c3ccc(OC)c(Br)c3)c(=O)n2[C@@H]1c1ccc(OC(C)C)cc1. The molecule has 1 aromatic heterocycles. The highest BCUT2D eigenvalue weighted by molar-refractivity contribution is 9.10. The third kappa shape index (κ3) is 5.17. The molecule has 36 heavy (non-hydrogen) atoms. The molecule has 0 saturated carbocycles. The number of carbonyl (C=O) groups is 1. The average molecular weight is 571 g/mol. The van der Waals surface area contributed by atoms with E-state index in [0.29, 0.717) is 32.1 Å². The average Bonchev–Trinajstić information content (AvgIpc) is 3.13. The summed E-state index contributed by atoms with van der Waals surface area (Å²) in [6, 6.07) is 12.4. The second kappa shape index (κ2) is 10.8. The van der Waals surface area contributed by atoms with Gasteiger partial charge >= 0.3 is 5.97 Å². The summed E-state index contributed by atoms with van der Waals surface area (Å²) in [6.07, 6.45) is 1.84. The normalized spacial score (nSPS) is 15.5. The maximum absolute atomic E-state index is 13.7. The van der Waals surface area contributed by atoms with Crippen LogP contribution in [0.25, 0.3) is 6.08 Å². The summed E-state index contributed by atoms with van der Waals surface area (Å²) >= 11 is 4.78. The van der Waals surface area contributed by atoms with Crippen molar-refractivity contribution in [3.63, 3.8) is 0 Å². The number of rotatable bonds is 7. The van der Waals surface area contributed by atoms with Crippen LogP contribution >= 0.6 is 27.3 Å². The van der Waals surface area contributed by atoms with E-state index in [-0.39, 0.29) is 18.3 Å². The Morgan fingerprint density at radius 2 is 1.94 bits per heavy atom. The van der Waals surface area contributed by atoms with Gasteiger partial charge in [-0.25, -0.2) is 9.79 Å². The molecule has 2 heterocycles. The molecular formula is C27H27BrN2O5S. The number of allylic oxidation sites excluding steroid dienone is 1. The van der Waals surface area contributed by atoms with Gasteiger partial charge in [0.05, 0.1) is 46.1 Å². The molecule has 0 unspecified atom stereocenters. The molecule has 188 valence electrons. The van der Waals surface area contributed by atoms with Gasteiger partial charge in [0.15, 0.2) is 4.80 Å². The minimum absolute atomic E-state index is 0.0312. The number of methoxy groups -OCH3 is 1. The zero-order valence-corrected chi connectivity index (χ0v) is 23.1. The summed E-state index contributed by atoms with van der Waals surface area (Å²) in [5.74, 6) is 0.928. The molecule has 0 radical (unpaired) electrons. The van der Waals surface area contributed by atoms with Crippen LogP contribution in [0.5, 0.6) is 11.5 Å². The van der Waals surface area contributed by atoms with Crippen molar-refractivity contribution in [1.82, 2.24) is 4.57 Å². The number of esters is 1. The van der Waals surface area contributed by atoms with Crippen LogP contribution in [0.2, 0.25) is 0 Å². The van der Waals surface area contributed by atoms with Crippen LogP contribution in [-0.4, -0.2) is 30.4 Å². The minimum atomic E-state index is -0.668. The summed E-state index contributed by atoms with van der Waals surface area (Å²) in [5, 5.41) is 0. The van der Waals surface area contributed by atoms with E-state index in [2.05, 4.69) is 20.9 Å². The number of halogens is 1. The van der Waals surface area contributed by atoms with Crippen LogP contribution in [0.3, 0.4) is 0 Å². The lowest BCUT2D eigenvalue weighted by molar-refractivity contribution is -0.139. The molecule has 1 aliphatic heterocycles. The number of aromatic nitrogens is 1. The first-order valence-corrected chi connectivity index (χ1v) is 13.1. The van der Waals surface area contributed by atoms with E-state index in [1.54, 1.807) is 25.5 Å². The molecule has 0 amide bonds. The van der Waals surface area contributed by atoms with Gasteiger partial charge < -0.3 is 14.2 Å². The molecule has 1 aliphatic rings. The van der Waals surface area contributed by atoms with Crippen LogP contribution in [0.1, 0.15) is 44.9 Å². The number of fused-ring (bicyclic) bond motifs is 1. The maximum Gasteiger partial charge on any atom is 0.338 e. The van der Waals surface area contributed by atoms with Crippen molar-refractivity contribution in [3.8, 4) is 11.5 Å². The maximum atomic E-state index is 13.7. The summed E-state index contributed by atoms with van der Waals surface area (Å²) in [5.41, 5.74) is 2.25. The van der Waals surface area contributed by atoms with Crippen molar-refractivity contribution >= 4 is 39.3 Å². The summed E-state index contributed by atoms with van der Waals surface area (Å²) in [7, 11) is 1.60. The smallest absolute Gasteiger partial charge is 0.338 e. The fourth-order valence-electron chi connectivity index (χ4n) is 4.03. The largest absolute Gasteiger partial charge is 0.496 e. The zero-order valence-electron chi connectivity index (χ0n) is 20.7. The molecule has 0 spiro atoms. The lowest BCUT2D eigenvalue weighted by atomic mass is 9.96. The highest BCUT2D eigenvalue weighted by Crippen LogP contribution is 2.32. The predicted octanol–water partition coefficient (Wildman–Crippen LogP) is 4.36. The van der Waals surface area contributed by atoms with E-state index in [4.69, 9.17) is 14.2 Å². The van der Waals surface area contributed by atoms with E-state index in [1.165, 1.54) is 11.3 Å². The summed E-state index contributed by atoms with van der Waals surface area (Å²) in [6.45, 7) is 7.66. The zero-order chi connectivity index (χ0) is 26.0. The van der Waals surface area contributed by atoms with Crippen molar-refractivity contribution in [1.29, 1.82) is 0 Å². The van der Waals surface area contributed by atoms with E-state index in [9.17, 15) is 9.59 Å². The van der Waals surface area contributed by atoms with Gasteiger partial charge in [0.1, 0.15) is 11.5 Å². The van der Waals surface area contributed by atoms with Gasteiger partial charge in [-0.15, -0.1) is 0 Å². The monoisotopic (exact) mass is 570 g/mol. The van der Waals surface area contributed by atoms with Gasteiger partial charge in [-0.3, -0.25) is 9.36 Å². The molecule has 0 N–H and O–H groups in total. The molecule has 0 saturated heterocycles. The van der Waals surface area contributed by atoms with E-state index in [0.717, 1.165) is 15.6 Å².